The SMILES string of the molecule is CC1CCC(c2cc(F)c(C(=O)Oc3ccc(S(F)(F)(F)(F)F)cc3)c(F)c2)OC1. The van der Waals surface area contributed by atoms with Crippen LogP contribution in [-0.2, 0) is 4.74 Å². The van der Waals surface area contributed by atoms with E-state index in [9.17, 15) is 33.0 Å². The number of benzene rings is 2. The predicted molar refractivity (Wildman–Crippen MR) is 96.2 cm³/mol. The van der Waals surface area contributed by atoms with Crippen molar-refractivity contribution in [3.8, 4) is 5.75 Å². The molecule has 0 N–H and O–H groups in total. The first kappa shape index (κ1) is 22.4. The highest BCUT2D eigenvalue weighted by atomic mass is 32.5. The number of ether oxygens (including phenoxy) is 2. The number of halogens is 7. The van der Waals surface area contributed by atoms with Crippen LogP contribution in [-0.4, -0.2) is 12.6 Å². The van der Waals surface area contributed by atoms with Gasteiger partial charge in [-0.25, -0.2) is 13.6 Å². The van der Waals surface area contributed by atoms with Gasteiger partial charge in [0.15, 0.2) is 0 Å². The Morgan fingerprint density at radius 2 is 1.57 bits per heavy atom. The van der Waals surface area contributed by atoms with Gasteiger partial charge in [0.2, 0.25) is 0 Å². The standard InChI is InChI=1S/C19H17F7O3S/c1-11-2-7-17(28-10-11)12-8-15(20)18(16(21)9-12)19(27)29-13-3-5-14(6-4-13)30(22,23,24,25)26/h3-6,8-9,11,17H,2,7,10H2,1H3. The van der Waals surface area contributed by atoms with Crippen LogP contribution in [0.15, 0.2) is 41.3 Å². The Hall–Kier alpha value is -2.27. The van der Waals surface area contributed by atoms with Crippen molar-refractivity contribution >= 4 is 16.2 Å². The minimum Gasteiger partial charge on any atom is -0.423 e. The topological polar surface area (TPSA) is 35.5 Å². The Morgan fingerprint density at radius 1 is 1.00 bits per heavy atom. The first-order valence-electron chi connectivity index (χ1n) is 8.81. The van der Waals surface area contributed by atoms with Crippen LogP contribution in [0.5, 0.6) is 5.75 Å². The van der Waals surface area contributed by atoms with Gasteiger partial charge in [-0.2, -0.15) is 0 Å². The lowest BCUT2D eigenvalue weighted by Gasteiger charge is -2.40. The van der Waals surface area contributed by atoms with Crippen molar-refractivity contribution in [2.75, 3.05) is 6.61 Å². The van der Waals surface area contributed by atoms with Gasteiger partial charge in [0.1, 0.15) is 27.8 Å². The van der Waals surface area contributed by atoms with E-state index in [1.807, 2.05) is 6.92 Å². The van der Waals surface area contributed by atoms with E-state index in [-0.39, 0.29) is 17.7 Å². The zero-order valence-electron chi connectivity index (χ0n) is 15.5. The fourth-order valence-corrected chi connectivity index (χ4v) is 3.69. The van der Waals surface area contributed by atoms with Crippen LogP contribution >= 0.6 is 10.2 Å². The molecule has 11 heteroatoms. The van der Waals surface area contributed by atoms with Crippen molar-refractivity contribution in [3.05, 3.63) is 59.2 Å². The van der Waals surface area contributed by atoms with Crippen LogP contribution in [0.3, 0.4) is 0 Å². The fourth-order valence-electron chi connectivity index (χ4n) is 3.04. The molecule has 1 aliphatic heterocycles. The summed E-state index contributed by atoms with van der Waals surface area (Å²) in [6, 6.07) is 2.84. The van der Waals surface area contributed by atoms with Crippen LogP contribution in [0.25, 0.3) is 0 Å². The van der Waals surface area contributed by atoms with Crippen LogP contribution in [0.2, 0.25) is 0 Å². The summed E-state index contributed by atoms with van der Waals surface area (Å²) in [4.78, 5) is 9.92. The lowest BCUT2D eigenvalue weighted by Crippen LogP contribution is -2.20. The molecule has 0 aliphatic carbocycles. The van der Waals surface area contributed by atoms with Crippen molar-refractivity contribution in [2.45, 2.75) is 30.8 Å². The number of carbonyl (C=O) groups excluding carboxylic acids is 1. The molecular formula is C19H17F7O3S. The molecule has 1 aliphatic rings. The molecule has 0 amide bonds. The van der Waals surface area contributed by atoms with Gasteiger partial charge < -0.3 is 9.47 Å². The molecule has 2 atom stereocenters. The molecule has 30 heavy (non-hydrogen) atoms. The van der Waals surface area contributed by atoms with Crippen molar-refractivity contribution < 1.29 is 42.5 Å². The maximum atomic E-state index is 14.4. The zero-order valence-corrected chi connectivity index (χ0v) is 16.3. The van der Waals surface area contributed by atoms with Gasteiger partial charge in [-0.05, 0) is 60.7 Å². The number of rotatable bonds is 4. The monoisotopic (exact) mass is 458 g/mol. The van der Waals surface area contributed by atoms with E-state index < -0.39 is 50.1 Å². The molecule has 0 bridgehead atoms. The van der Waals surface area contributed by atoms with Crippen LogP contribution in [0.1, 0.15) is 41.8 Å². The minimum atomic E-state index is -9.89. The smallest absolute Gasteiger partial charge is 0.349 e. The average Bonchev–Trinajstić information content (AvgIpc) is 2.60. The molecule has 2 unspecified atom stereocenters. The van der Waals surface area contributed by atoms with Crippen LogP contribution in [0, 0.1) is 17.6 Å². The third kappa shape index (κ3) is 5.07. The summed E-state index contributed by atoms with van der Waals surface area (Å²) in [7, 11) is -9.89. The summed E-state index contributed by atoms with van der Waals surface area (Å²) >= 11 is 0. The normalized spacial score (nSPS) is 22.1. The third-order valence-corrected chi connectivity index (χ3v) is 5.79. The summed E-state index contributed by atoms with van der Waals surface area (Å²) in [5.41, 5.74) is -0.853. The average molecular weight is 458 g/mol. The van der Waals surface area contributed by atoms with E-state index in [0.29, 0.717) is 31.1 Å². The predicted octanol–water partition coefficient (Wildman–Crippen LogP) is 7.33. The van der Waals surface area contributed by atoms with Gasteiger partial charge in [-0.3, -0.25) is 0 Å². The Kier molecular flexibility index (Phi) is 5.14. The number of hydrogen-bond donors (Lipinski definition) is 0. The summed E-state index contributed by atoms with van der Waals surface area (Å²) in [6.07, 6.45) is 0.810. The number of hydrogen-bond acceptors (Lipinski definition) is 3. The second-order valence-corrected chi connectivity index (χ2v) is 9.60. The largest absolute Gasteiger partial charge is 0.423 e. The molecule has 0 spiro atoms. The molecule has 166 valence electrons. The van der Waals surface area contributed by atoms with Gasteiger partial charge in [0.25, 0.3) is 0 Å². The van der Waals surface area contributed by atoms with Crippen molar-refractivity contribution in [1.82, 2.24) is 0 Å². The molecule has 1 saturated heterocycles. The number of carbonyl (C=O) groups is 1. The van der Waals surface area contributed by atoms with Gasteiger partial charge >= 0.3 is 16.2 Å². The first-order chi connectivity index (χ1) is 13.6. The highest BCUT2D eigenvalue weighted by Gasteiger charge is 2.65. The highest BCUT2D eigenvalue weighted by Crippen LogP contribution is 3.02. The summed E-state index contributed by atoms with van der Waals surface area (Å²) in [5, 5.41) is 0. The Labute approximate surface area is 167 Å². The second kappa shape index (κ2) is 6.88. The zero-order chi connectivity index (χ0) is 22.4. The summed E-state index contributed by atoms with van der Waals surface area (Å²) in [6.45, 7) is 2.40. The maximum absolute atomic E-state index is 14.4. The molecule has 0 aromatic heterocycles. The lowest BCUT2D eigenvalue weighted by molar-refractivity contribution is -0.0126. The number of esters is 1. The fraction of sp³-hybridized carbons (Fsp3) is 0.316. The summed E-state index contributed by atoms with van der Waals surface area (Å²) in [5.74, 6) is -4.26. The molecule has 0 radical (unpaired) electrons. The highest BCUT2D eigenvalue weighted by molar-refractivity contribution is 8.45. The van der Waals surface area contributed by atoms with Crippen LogP contribution in [0.4, 0.5) is 28.2 Å². The quantitative estimate of drug-likeness (QED) is 0.273. The van der Waals surface area contributed by atoms with E-state index in [1.54, 1.807) is 0 Å². The summed E-state index contributed by atoms with van der Waals surface area (Å²) < 4.78 is 102. The molecule has 2 aromatic rings. The molecular weight excluding hydrogens is 441 g/mol. The van der Waals surface area contributed by atoms with Gasteiger partial charge in [-0.1, -0.05) is 26.4 Å². The van der Waals surface area contributed by atoms with Crippen molar-refractivity contribution in [1.29, 1.82) is 0 Å². The Balaban J connectivity index is 1.79. The Bertz CT molecular complexity index is 944. The van der Waals surface area contributed by atoms with Crippen molar-refractivity contribution in [3.63, 3.8) is 0 Å². The first-order valence-corrected chi connectivity index (χ1v) is 10.8. The van der Waals surface area contributed by atoms with Gasteiger partial charge in [0, 0.05) is 6.61 Å². The lowest BCUT2D eigenvalue weighted by atomic mass is 9.95. The van der Waals surface area contributed by atoms with E-state index in [0.717, 1.165) is 18.6 Å². The van der Waals surface area contributed by atoms with E-state index >= 15 is 0 Å². The van der Waals surface area contributed by atoms with Gasteiger partial charge in [-0.15, -0.1) is 0 Å². The van der Waals surface area contributed by atoms with E-state index in [1.165, 1.54) is 0 Å². The second-order valence-electron chi connectivity index (χ2n) is 7.19. The van der Waals surface area contributed by atoms with Gasteiger partial charge in [0.05, 0.1) is 6.10 Å². The van der Waals surface area contributed by atoms with E-state index in [4.69, 9.17) is 4.74 Å². The molecule has 2 aromatic carbocycles. The molecule has 3 rings (SSSR count). The molecule has 3 nitrogen and oxygen atoms in total. The minimum absolute atomic E-state index is 0.0292. The van der Waals surface area contributed by atoms with Crippen LogP contribution < -0.4 is 4.74 Å². The maximum Gasteiger partial charge on any atom is 0.349 e. The van der Waals surface area contributed by atoms with E-state index in [2.05, 4.69) is 4.74 Å². The Morgan fingerprint density at radius 3 is 2.03 bits per heavy atom. The molecule has 1 fully saturated rings. The third-order valence-electron chi connectivity index (χ3n) is 4.62. The molecule has 1 heterocycles. The van der Waals surface area contributed by atoms with Crippen molar-refractivity contribution in [2.24, 2.45) is 5.92 Å². The molecule has 0 saturated carbocycles.